The molecule has 0 amide bonds. The minimum Gasteiger partial charge on any atom is -0.499 e. The smallest absolute Gasteiger partial charge is 0.115 e. The minimum atomic E-state index is 0.918. The number of methoxy groups -OCH3 is 1. The van der Waals surface area contributed by atoms with Gasteiger partial charge in [-0.3, -0.25) is 0 Å². The molecule has 0 aromatic carbocycles. The van der Waals surface area contributed by atoms with Crippen LogP contribution in [-0.2, 0) is 4.74 Å². The quantitative estimate of drug-likeness (QED) is 0.524. The monoisotopic (exact) mass is 125 g/mol. The van der Waals surface area contributed by atoms with Crippen molar-refractivity contribution in [3.63, 3.8) is 0 Å². The third-order valence-corrected chi connectivity index (χ3v) is 1.27. The number of rotatable bonds is 1. The summed E-state index contributed by atoms with van der Waals surface area (Å²) >= 11 is 0. The summed E-state index contributed by atoms with van der Waals surface area (Å²) < 4.78 is 5.03. The Balaban J connectivity index is 2.55. The summed E-state index contributed by atoms with van der Waals surface area (Å²) in [5.74, 6) is 1.01. The predicted molar refractivity (Wildman–Crippen MR) is 36.6 cm³/mol. The van der Waals surface area contributed by atoms with Crippen LogP contribution in [0.1, 0.15) is 6.42 Å². The molecular weight excluding hydrogens is 114 g/mol. The molecule has 0 N–H and O–H groups in total. The Labute approximate surface area is 55.4 Å². The first-order chi connectivity index (χ1) is 4.33. The van der Waals surface area contributed by atoms with Crippen molar-refractivity contribution in [3.05, 3.63) is 24.2 Å². The van der Waals surface area contributed by atoms with Crippen molar-refractivity contribution in [2.45, 2.75) is 6.42 Å². The van der Waals surface area contributed by atoms with Crippen LogP contribution in [-0.4, -0.2) is 19.1 Å². The third kappa shape index (κ3) is 1.49. The number of nitrogens with zero attached hydrogens (tertiary/aromatic N) is 1. The molecule has 0 unspecified atom stereocenters. The van der Waals surface area contributed by atoms with E-state index in [0.717, 1.165) is 12.2 Å². The molecule has 0 aromatic heterocycles. The number of hydrogen-bond donors (Lipinski definition) is 0. The van der Waals surface area contributed by atoms with E-state index < -0.39 is 0 Å². The minimum absolute atomic E-state index is 0.918. The van der Waals surface area contributed by atoms with E-state index in [1.165, 1.54) is 0 Å². The van der Waals surface area contributed by atoms with Crippen LogP contribution in [0.5, 0.6) is 0 Å². The molecule has 0 saturated heterocycles. The predicted octanol–water partition coefficient (Wildman–Crippen LogP) is 1.32. The highest BCUT2D eigenvalue weighted by Crippen LogP contribution is 2.09. The molecule has 0 saturated carbocycles. The van der Waals surface area contributed by atoms with Gasteiger partial charge in [0.25, 0.3) is 0 Å². The second-order valence-corrected chi connectivity index (χ2v) is 2.05. The van der Waals surface area contributed by atoms with Crippen LogP contribution < -0.4 is 0 Å². The molecule has 0 aliphatic carbocycles. The zero-order valence-corrected chi connectivity index (χ0v) is 5.79. The summed E-state index contributed by atoms with van der Waals surface area (Å²) in [7, 11) is 3.67. The van der Waals surface area contributed by atoms with Crippen molar-refractivity contribution < 1.29 is 4.74 Å². The van der Waals surface area contributed by atoms with E-state index in [-0.39, 0.29) is 0 Å². The second-order valence-electron chi connectivity index (χ2n) is 2.05. The topological polar surface area (TPSA) is 12.5 Å². The first kappa shape index (κ1) is 6.20. The van der Waals surface area contributed by atoms with Crippen LogP contribution in [0.3, 0.4) is 0 Å². The van der Waals surface area contributed by atoms with Crippen molar-refractivity contribution in [1.82, 2.24) is 4.90 Å². The standard InChI is InChI=1S/C7H11NO/c1-8-5-3-4-7(6-8)9-2/h3,5-6H,4H2,1-2H3. The molecule has 0 atom stereocenters. The molecule has 2 heteroatoms. The summed E-state index contributed by atoms with van der Waals surface area (Å²) in [6.07, 6.45) is 6.97. The molecule has 9 heavy (non-hydrogen) atoms. The molecule has 0 aromatic rings. The number of ether oxygens (including phenoxy) is 1. The Morgan fingerprint density at radius 1 is 1.67 bits per heavy atom. The number of hydrogen-bond acceptors (Lipinski definition) is 2. The molecule has 0 fully saturated rings. The molecule has 0 spiro atoms. The average molecular weight is 125 g/mol. The lowest BCUT2D eigenvalue weighted by Crippen LogP contribution is -2.06. The van der Waals surface area contributed by atoms with Crippen molar-refractivity contribution in [3.8, 4) is 0 Å². The van der Waals surface area contributed by atoms with Gasteiger partial charge in [-0.1, -0.05) is 6.08 Å². The van der Waals surface area contributed by atoms with Gasteiger partial charge in [-0.2, -0.15) is 0 Å². The van der Waals surface area contributed by atoms with Gasteiger partial charge in [0.2, 0.25) is 0 Å². The van der Waals surface area contributed by atoms with Gasteiger partial charge in [-0.05, 0) is 6.20 Å². The van der Waals surface area contributed by atoms with Gasteiger partial charge in [0.1, 0.15) is 5.76 Å². The Hall–Kier alpha value is -0.920. The fraction of sp³-hybridized carbons (Fsp3) is 0.429. The Morgan fingerprint density at radius 2 is 2.44 bits per heavy atom. The maximum atomic E-state index is 5.03. The fourth-order valence-corrected chi connectivity index (χ4v) is 0.794. The van der Waals surface area contributed by atoms with Gasteiger partial charge < -0.3 is 9.64 Å². The third-order valence-electron chi connectivity index (χ3n) is 1.27. The lowest BCUT2D eigenvalue weighted by Gasteiger charge is -2.14. The molecule has 1 aliphatic heterocycles. The van der Waals surface area contributed by atoms with Crippen LogP contribution in [0.15, 0.2) is 24.2 Å². The summed E-state index contributed by atoms with van der Waals surface area (Å²) in [5, 5.41) is 0. The van der Waals surface area contributed by atoms with E-state index in [2.05, 4.69) is 6.08 Å². The zero-order chi connectivity index (χ0) is 6.69. The van der Waals surface area contributed by atoms with Crippen molar-refractivity contribution in [2.24, 2.45) is 0 Å². The van der Waals surface area contributed by atoms with Crippen LogP contribution in [0, 0.1) is 0 Å². The van der Waals surface area contributed by atoms with E-state index in [9.17, 15) is 0 Å². The van der Waals surface area contributed by atoms with Crippen molar-refractivity contribution >= 4 is 0 Å². The van der Waals surface area contributed by atoms with Gasteiger partial charge in [0, 0.05) is 19.7 Å². The maximum Gasteiger partial charge on any atom is 0.115 e. The number of allylic oxidation sites excluding steroid dienone is 1. The largest absolute Gasteiger partial charge is 0.499 e. The second kappa shape index (κ2) is 2.58. The van der Waals surface area contributed by atoms with Crippen LogP contribution >= 0.6 is 0 Å². The van der Waals surface area contributed by atoms with Crippen LogP contribution in [0.25, 0.3) is 0 Å². The molecule has 1 heterocycles. The van der Waals surface area contributed by atoms with E-state index >= 15 is 0 Å². The van der Waals surface area contributed by atoms with E-state index in [1.54, 1.807) is 7.11 Å². The Morgan fingerprint density at radius 3 is 2.89 bits per heavy atom. The highest BCUT2D eigenvalue weighted by atomic mass is 16.5. The summed E-state index contributed by atoms with van der Waals surface area (Å²) in [6.45, 7) is 0. The van der Waals surface area contributed by atoms with Gasteiger partial charge in [-0.15, -0.1) is 0 Å². The summed E-state index contributed by atoms with van der Waals surface area (Å²) in [5.41, 5.74) is 0. The van der Waals surface area contributed by atoms with Gasteiger partial charge in [0.15, 0.2) is 0 Å². The highest BCUT2D eigenvalue weighted by molar-refractivity contribution is 5.06. The van der Waals surface area contributed by atoms with E-state index in [0.29, 0.717) is 0 Å². The first-order valence-electron chi connectivity index (χ1n) is 2.96. The van der Waals surface area contributed by atoms with Crippen LogP contribution in [0.2, 0.25) is 0 Å². The molecule has 50 valence electrons. The van der Waals surface area contributed by atoms with Crippen molar-refractivity contribution in [2.75, 3.05) is 14.2 Å². The van der Waals surface area contributed by atoms with Gasteiger partial charge in [0.05, 0.1) is 7.11 Å². The van der Waals surface area contributed by atoms with E-state index in [4.69, 9.17) is 4.74 Å². The SMILES string of the molecule is COC1=CN(C)C=CC1. The van der Waals surface area contributed by atoms with Crippen LogP contribution in [0.4, 0.5) is 0 Å². The zero-order valence-electron chi connectivity index (χ0n) is 5.79. The first-order valence-corrected chi connectivity index (χ1v) is 2.96. The molecule has 2 nitrogen and oxygen atoms in total. The maximum absolute atomic E-state index is 5.03. The molecule has 1 aliphatic rings. The van der Waals surface area contributed by atoms with E-state index in [1.807, 2.05) is 24.3 Å². The summed E-state index contributed by atoms with van der Waals surface area (Å²) in [6, 6.07) is 0. The fourth-order valence-electron chi connectivity index (χ4n) is 0.794. The molecule has 0 radical (unpaired) electrons. The molecule has 1 rings (SSSR count). The average Bonchev–Trinajstić information content (AvgIpc) is 1.88. The molecular formula is C7H11NO. The molecule has 0 bridgehead atoms. The van der Waals surface area contributed by atoms with Crippen molar-refractivity contribution in [1.29, 1.82) is 0 Å². The lowest BCUT2D eigenvalue weighted by molar-refractivity contribution is 0.273. The lowest BCUT2D eigenvalue weighted by atomic mass is 10.3. The van der Waals surface area contributed by atoms with Gasteiger partial charge >= 0.3 is 0 Å². The normalized spacial score (nSPS) is 17.6. The Kier molecular flexibility index (Phi) is 1.78. The highest BCUT2D eigenvalue weighted by Gasteiger charge is 1.98. The van der Waals surface area contributed by atoms with Gasteiger partial charge in [-0.25, -0.2) is 0 Å². The summed E-state index contributed by atoms with van der Waals surface area (Å²) in [4.78, 5) is 1.97. The Bertz CT molecular complexity index is 149.